The molecule has 0 spiro atoms. The summed E-state index contributed by atoms with van der Waals surface area (Å²) in [6.07, 6.45) is 0. The minimum absolute atomic E-state index is 0.135. The van der Waals surface area contributed by atoms with Gasteiger partial charge >= 0.3 is 5.97 Å². The first-order valence-electron chi connectivity index (χ1n) is 7.94. The van der Waals surface area contributed by atoms with E-state index in [1.165, 1.54) is 20.3 Å². The number of nitrogens with zero attached hydrogens (tertiary/aromatic N) is 1. The van der Waals surface area contributed by atoms with Crippen molar-refractivity contribution in [3.05, 3.63) is 62.7 Å². The number of benzene rings is 2. The van der Waals surface area contributed by atoms with Crippen molar-refractivity contribution < 1.29 is 28.7 Å². The van der Waals surface area contributed by atoms with Crippen molar-refractivity contribution in [1.82, 2.24) is 5.32 Å². The smallest absolute Gasteiger partial charge is 0.345 e. The number of hydrogen-bond donors (Lipinski definition) is 1. The molecule has 2 rings (SSSR count). The molecule has 0 unspecified atom stereocenters. The Balaban J connectivity index is 1.93. The standard InChI is InChI=1S/C18H17ClN2O7/c1-26-15-6-3-11(7-16(15)27-2)9-20-17(22)10-28-18(23)13-8-12(19)4-5-14(13)21(24)25/h3-8H,9-10H2,1-2H3,(H,20,22). The van der Waals surface area contributed by atoms with Gasteiger partial charge in [-0.15, -0.1) is 0 Å². The van der Waals surface area contributed by atoms with Crippen LogP contribution < -0.4 is 14.8 Å². The van der Waals surface area contributed by atoms with Crippen LogP contribution in [0.15, 0.2) is 36.4 Å². The van der Waals surface area contributed by atoms with Gasteiger partial charge in [0.15, 0.2) is 18.1 Å². The van der Waals surface area contributed by atoms with Crippen LogP contribution in [0.3, 0.4) is 0 Å². The van der Waals surface area contributed by atoms with E-state index in [0.29, 0.717) is 11.5 Å². The second-order valence-electron chi connectivity index (χ2n) is 5.46. The van der Waals surface area contributed by atoms with Gasteiger partial charge in [0.2, 0.25) is 0 Å². The molecule has 0 atom stereocenters. The van der Waals surface area contributed by atoms with E-state index in [-0.39, 0.29) is 17.1 Å². The molecule has 0 aliphatic carbocycles. The summed E-state index contributed by atoms with van der Waals surface area (Å²) in [5, 5.41) is 13.7. The number of carbonyl (C=O) groups is 2. The first kappa shape index (κ1) is 21.0. The van der Waals surface area contributed by atoms with Gasteiger partial charge in [0, 0.05) is 17.6 Å². The second kappa shape index (κ2) is 9.56. The monoisotopic (exact) mass is 408 g/mol. The Kier molecular flexibility index (Phi) is 7.16. The number of rotatable bonds is 8. The zero-order valence-corrected chi connectivity index (χ0v) is 15.8. The molecule has 0 aromatic heterocycles. The number of halogens is 1. The topological polar surface area (TPSA) is 117 Å². The molecule has 0 aliphatic heterocycles. The van der Waals surface area contributed by atoms with Crippen molar-refractivity contribution in [1.29, 1.82) is 0 Å². The molecule has 148 valence electrons. The number of nitro groups is 1. The highest BCUT2D eigenvalue weighted by Crippen LogP contribution is 2.27. The summed E-state index contributed by atoms with van der Waals surface area (Å²) >= 11 is 5.76. The Labute approximate surface area is 165 Å². The average molecular weight is 409 g/mol. The number of nitro benzene ring substituents is 1. The quantitative estimate of drug-likeness (QED) is 0.405. The van der Waals surface area contributed by atoms with Gasteiger partial charge in [0.05, 0.1) is 19.1 Å². The number of esters is 1. The lowest BCUT2D eigenvalue weighted by molar-refractivity contribution is -0.385. The van der Waals surface area contributed by atoms with Gasteiger partial charge in [-0.1, -0.05) is 17.7 Å². The molecule has 0 saturated carbocycles. The summed E-state index contributed by atoms with van der Waals surface area (Å²) in [4.78, 5) is 34.2. The fourth-order valence-corrected chi connectivity index (χ4v) is 2.45. The van der Waals surface area contributed by atoms with Crippen molar-refractivity contribution in [2.45, 2.75) is 6.54 Å². The Bertz CT molecular complexity index is 901. The molecule has 0 bridgehead atoms. The van der Waals surface area contributed by atoms with Crippen LogP contribution in [-0.4, -0.2) is 37.6 Å². The third-order valence-corrected chi connectivity index (χ3v) is 3.88. The normalized spacial score (nSPS) is 10.1. The van der Waals surface area contributed by atoms with Crippen molar-refractivity contribution in [3.63, 3.8) is 0 Å². The lowest BCUT2D eigenvalue weighted by Gasteiger charge is -2.10. The van der Waals surface area contributed by atoms with Gasteiger partial charge < -0.3 is 19.5 Å². The minimum Gasteiger partial charge on any atom is -0.493 e. The maximum atomic E-state index is 12.1. The van der Waals surface area contributed by atoms with Gasteiger partial charge in [-0.05, 0) is 29.8 Å². The van der Waals surface area contributed by atoms with Gasteiger partial charge in [0.25, 0.3) is 11.6 Å². The third-order valence-electron chi connectivity index (χ3n) is 3.65. The maximum absolute atomic E-state index is 12.1. The van der Waals surface area contributed by atoms with Crippen molar-refractivity contribution >= 4 is 29.2 Å². The molecule has 0 saturated heterocycles. The lowest BCUT2D eigenvalue weighted by atomic mass is 10.2. The largest absolute Gasteiger partial charge is 0.493 e. The van der Waals surface area contributed by atoms with E-state index in [1.807, 2.05) is 0 Å². The average Bonchev–Trinajstić information content (AvgIpc) is 2.69. The van der Waals surface area contributed by atoms with E-state index in [1.54, 1.807) is 18.2 Å². The number of ether oxygens (including phenoxy) is 3. The second-order valence-corrected chi connectivity index (χ2v) is 5.90. The van der Waals surface area contributed by atoms with E-state index >= 15 is 0 Å². The van der Waals surface area contributed by atoms with Crippen molar-refractivity contribution in [2.24, 2.45) is 0 Å². The van der Waals surface area contributed by atoms with Gasteiger partial charge in [-0.3, -0.25) is 14.9 Å². The number of hydrogen-bond acceptors (Lipinski definition) is 7. The molecule has 0 aliphatic rings. The first-order chi connectivity index (χ1) is 13.3. The molecule has 9 nitrogen and oxygen atoms in total. The fraction of sp³-hybridized carbons (Fsp3) is 0.222. The number of amides is 1. The maximum Gasteiger partial charge on any atom is 0.345 e. The summed E-state index contributed by atoms with van der Waals surface area (Å²) in [6.45, 7) is -0.441. The zero-order valence-electron chi connectivity index (χ0n) is 15.1. The number of carbonyl (C=O) groups excluding carboxylic acids is 2. The zero-order chi connectivity index (χ0) is 20.7. The highest BCUT2D eigenvalue weighted by molar-refractivity contribution is 6.31. The van der Waals surface area contributed by atoms with Crippen LogP contribution in [0.5, 0.6) is 11.5 Å². The van der Waals surface area contributed by atoms with Crippen LogP contribution in [0, 0.1) is 10.1 Å². The van der Waals surface area contributed by atoms with Crippen LogP contribution in [-0.2, 0) is 16.1 Å². The third kappa shape index (κ3) is 5.34. The Morgan fingerprint density at radius 3 is 2.46 bits per heavy atom. The summed E-state index contributed by atoms with van der Waals surface area (Å²) in [6, 6.07) is 8.62. The number of methoxy groups -OCH3 is 2. The van der Waals surface area contributed by atoms with Crippen LogP contribution in [0.25, 0.3) is 0 Å². The predicted octanol–water partition coefficient (Wildman–Crippen LogP) is 2.74. The molecule has 0 heterocycles. The molecule has 28 heavy (non-hydrogen) atoms. The molecule has 1 amide bonds. The van der Waals surface area contributed by atoms with E-state index in [9.17, 15) is 19.7 Å². The molecule has 2 aromatic rings. The highest BCUT2D eigenvalue weighted by Gasteiger charge is 2.22. The van der Waals surface area contributed by atoms with E-state index < -0.39 is 29.1 Å². The number of nitrogens with one attached hydrogen (secondary N) is 1. The SMILES string of the molecule is COc1ccc(CNC(=O)COC(=O)c2cc(Cl)ccc2[N+](=O)[O-])cc1OC. The van der Waals surface area contributed by atoms with Gasteiger partial charge in [0.1, 0.15) is 5.56 Å². The van der Waals surface area contributed by atoms with Crippen LogP contribution in [0.4, 0.5) is 5.69 Å². The molecule has 2 aromatic carbocycles. The van der Waals surface area contributed by atoms with E-state index in [0.717, 1.165) is 17.7 Å². The van der Waals surface area contributed by atoms with Gasteiger partial charge in [-0.2, -0.15) is 0 Å². The molecule has 0 radical (unpaired) electrons. The van der Waals surface area contributed by atoms with Gasteiger partial charge in [-0.25, -0.2) is 4.79 Å². The van der Waals surface area contributed by atoms with Crippen molar-refractivity contribution in [2.75, 3.05) is 20.8 Å². The van der Waals surface area contributed by atoms with Crippen LogP contribution in [0.1, 0.15) is 15.9 Å². The summed E-state index contributed by atoms with van der Waals surface area (Å²) in [5.41, 5.74) is -0.0480. The summed E-state index contributed by atoms with van der Waals surface area (Å²) in [5.74, 6) is -0.535. The minimum atomic E-state index is -1.02. The molecular formula is C18H17ClN2O7. The Morgan fingerprint density at radius 1 is 1.11 bits per heavy atom. The van der Waals surface area contributed by atoms with Crippen molar-refractivity contribution in [3.8, 4) is 11.5 Å². The first-order valence-corrected chi connectivity index (χ1v) is 8.32. The summed E-state index contributed by atoms with van der Waals surface area (Å²) in [7, 11) is 3.01. The van der Waals surface area contributed by atoms with Crippen LogP contribution in [0.2, 0.25) is 5.02 Å². The highest BCUT2D eigenvalue weighted by atomic mass is 35.5. The summed E-state index contributed by atoms with van der Waals surface area (Å²) < 4.78 is 15.2. The predicted molar refractivity (Wildman–Crippen MR) is 99.8 cm³/mol. The molecule has 0 fully saturated rings. The van der Waals surface area contributed by atoms with E-state index in [2.05, 4.69) is 5.32 Å². The van der Waals surface area contributed by atoms with E-state index in [4.69, 9.17) is 25.8 Å². The Hall–Kier alpha value is -3.33. The molecular weight excluding hydrogens is 392 g/mol. The van der Waals surface area contributed by atoms with Crippen LogP contribution >= 0.6 is 11.6 Å². The molecule has 1 N–H and O–H groups in total. The fourth-order valence-electron chi connectivity index (χ4n) is 2.28. The Morgan fingerprint density at radius 2 is 1.82 bits per heavy atom. The lowest BCUT2D eigenvalue weighted by Crippen LogP contribution is -2.28. The molecule has 10 heteroatoms.